The van der Waals surface area contributed by atoms with Crippen LogP contribution >= 0.6 is 11.6 Å². The smallest absolute Gasteiger partial charge is 0.335 e. The van der Waals surface area contributed by atoms with Crippen molar-refractivity contribution >= 4 is 39.6 Å². The third-order valence-corrected chi connectivity index (χ3v) is 5.55. The SMILES string of the molecule is C=CC(=O)Oc1ccccc1/C(=C(\CC)c1ccc(F)cc1Cl)c1ccc2n[nH]c(F)c2c1. The maximum atomic E-state index is 14.3. The number of nitrogens with zero attached hydrogens (tertiary/aromatic N) is 1. The molecule has 4 rings (SSSR count). The average molecular weight is 465 g/mol. The van der Waals surface area contributed by atoms with E-state index in [1.807, 2.05) is 6.92 Å². The molecule has 0 fully saturated rings. The second-order valence-electron chi connectivity index (χ2n) is 7.22. The Morgan fingerprint density at radius 3 is 2.64 bits per heavy atom. The van der Waals surface area contributed by atoms with Crippen molar-refractivity contribution in [2.75, 3.05) is 0 Å². The zero-order valence-electron chi connectivity index (χ0n) is 17.7. The predicted molar refractivity (Wildman–Crippen MR) is 126 cm³/mol. The number of aromatic nitrogens is 2. The van der Waals surface area contributed by atoms with E-state index < -0.39 is 17.7 Å². The fraction of sp³-hybridized carbons (Fsp3) is 0.0769. The van der Waals surface area contributed by atoms with E-state index in [0.29, 0.717) is 45.3 Å². The van der Waals surface area contributed by atoms with Gasteiger partial charge < -0.3 is 4.74 Å². The molecular weight excluding hydrogens is 446 g/mol. The molecule has 0 bridgehead atoms. The molecule has 7 heteroatoms. The van der Waals surface area contributed by atoms with E-state index in [0.717, 1.165) is 11.6 Å². The Kier molecular flexibility index (Phi) is 6.38. The van der Waals surface area contributed by atoms with E-state index in [1.165, 1.54) is 12.1 Å². The Bertz CT molecular complexity index is 1410. The van der Waals surface area contributed by atoms with Gasteiger partial charge in [0.15, 0.2) is 0 Å². The van der Waals surface area contributed by atoms with Crippen molar-refractivity contribution in [3.05, 3.63) is 107 Å². The lowest BCUT2D eigenvalue weighted by molar-refractivity contribution is -0.128. The number of nitrogens with one attached hydrogen (secondary N) is 1. The van der Waals surface area contributed by atoms with Gasteiger partial charge in [-0.3, -0.25) is 5.10 Å². The highest BCUT2D eigenvalue weighted by molar-refractivity contribution is 6.32. The standard InChI is InChI=1S/C26H19ClF2N2O2/c1-3-17(18-11-10-16(28)14-21(18)27)25(15-9-12-22-20(13-15)26(29)31-30-22)19-7-5-6-8-23(19)33-24(32)4-2/h4-14H,2-3H2,1H3,(H,30,31)/b25-17+. The number of benzene rings is 3. The molecule has 0 aliphatic rings. The molecule has 166 valence electrons. The lowest BCUT2D eigenvalue weighted by Gasteiger charge is -2.19. The molecule has 4 aromatic rings. The fourth-order valence-electron chi connectivity index (χ4n) is 3.77. The Labute approximate surface area is 194 Å². The third-order valence-electron chi connectivity index (χ3n) is 5.24. The van der Waals surface area contributed by atoms with Gasteiger partial charge in [-0.25, -0.2) is 9.18 Å². The van der Waals surface area contributed by atoms with Gasteiger partial charge in [-0.05, 0) is 59.0 Å². The van der Waals surface area contributed by atoms with Crippen LogP contribution in [-0.4, -0.2) is 16.2 Å². The molecule has 0 amide bonds. The Morgan fingerprint density at radius 1 is 1.12 bits per heavy atom. The van der Waals surface area contributed by atoms with Crippen LogP contribution in [0.5, 0.6) is 5.75 Å². The number of esters is 1. The van der Waals surface area contributed by atoms with Gasteiger partial charge in [-0.1, -0.05) is 55.4 Å². The summed E-state index contributed by atoms with van der Waals surface area (Å²) >= 11 is 6.42. The summed E-state index contributed by atoms with van der Waals surface area (Å²) in [6.07, 6.45) is 1.58. The van der Waals surface area contributed by atoms with Gasteiger partial charge in [0, 0.05) is 11.6 Å². The van der Waals surface area contributed by atoms with E-state index in [9.17, 15) is 13.6 Å². The number of hydrogen-bond donors (Lipinski definition) is 1. The minimum Gasteiger partial charge on any atom is -0.423 e. The van der Waals surface area contributed by atoms with Crippen LogP contribution < -0.4 is 4.74 Å². The number of ether oxygens (including phenoxy) is 1. The summed E-state index contributed by atoms with van der Waals surface area (Å²) in [7, 11) is 0. The van der Waals surface area contributed by atoms with Crippen molar-refractivity contribution < 1.29 is 18.3 Å². The second-order valence-corrected chi connectivity index (χ2v) is 7.63. The largest absolute Gasteiger partial charge is 0.423 e. The van der Waals surface area contributed by atoms with E-state index in [2.05, 4.69) is 16.8 Å². The van der Waals surface area contributed by atoms with E-state index in [-0.39, 0.29) is 5.02 Å². The molecule has 0 aliphatic carbocycles. The van der Waals surface area contributed by atoms with E-state index in [1.54, 1.807) is 48.5 Å². The first-order valence-electron chi connectivity index (χ1n) is 10.2. The molecule has 0 saturated heterocycles. The van der Waals surface area contributed by atoms with Gasteiger partial charge in [-0.2, -0.15) is 9.49 Å². The molecule has 0 saturated carbocycles. The van der Waals surface area contributed by atoms with Crippen molar-refractivity contribution in [3.8, 4) is 5.75 Å². The summed E-state index contributed by atoms with van der Waals surface area (Å²) < 4.78 is 33.6. The first-order chi connectivity index (χ1) is 15.9. The van der Waals surface area contributed by atoms with Crippen LogP contribution in [-0.2, 0) is 4.79 Å². The maximum Gasteiger partial charge on any atom is 0.335 e. The van der Waals surface area contributed by atoms with Crippen molar-refractivity contribution in [3.63, 3.8) is 0 Å². The topological polar surface area (TPSA) is 55.0 Å². The van der Waals surface area contributed by atoms with E-state index in [4.69, 9.17) is 16.3 Å². The third kappa shape index (κ3) is 4.43. The summed E-state index contributed by atoms with van der Waals surface area (Å²) in [5, 5.41) is 6.84. The van der Waals surface area contributed by atoms with Gasteiger partial charge in [-0.15, -0.1) is 0 Å². The van der Waals surface area contributed by atoms with Crippen molar-refractivity contribution in [1.82, 2.24) is 10.2 Å². The molecule has 4 nitrogen and oxygen atoms in total. The van der Waals surface area contributed by atoms with Crippen LogP contribution in [0, 0.1) is 11.8 Å². The molecule has 1 heterocycles. The highest BCUT2D eigenvalue weighted by Crippen LogP contribution is 2.41. The first kappa shape index (κ1) is 22.4. The summed E-state index contributed by atoms with van der Waals surface area (Å²) in [6, 6.07) is 16.3. The molecule has 33 heavy (non-hydrogen) atoms. The van der Waals surface area contributed by atoms with Crippen LogP contribution in [0.25, 0.3) is 22.0 Å². The molecule has 1 aromatic heterocycles. The van der Waals surface area contributed by atoms with E-state index >= 15 is 0 Å². The zero-order valence-corrected chi connectivity index (χ0v) is 18.4. The molecule has 0 unspecified atom stereocenters. The monoisotopic (exact) mass is 464 g/mol. The number of carbonyl (C=O) groups excluding carboxylic acids is 1. The quantitative estimate of drug-likeness (QED) is 0.145. The minimum atomic E-state index is -0.615. The Morgan fingerprint density at radius 2 is 1.91 bits per heavy atom. The second kappa shape index (κ2) is 9.38. The highest BCUT2D eigenvalue weighted by Gasteiger charge is 2.20. The maximum absolute atomic E-state index is 14.3. The minimum absolute atomic E-state index is 0.237. The lowest BCUT2D eigenvalue weighted by atomic mass is 9.87. The van der Waals surface area contributed by atoms with Gasteiger partial charge in [0.05, 0.1) is 15.9 Å². The van der Waals surface area contributed by atoms with Gasteiger partial charge in [0.1, 0.15) is 11.6 Å². The van der Waals surface area contributed by atoms with Crippen LogP contribution in [0.2, 0.25) is 5.02 Å². The van der Waals surface area contributed by atoms with Crippen LogP contribution in [0.3, 0.4) is 0 Å². The average Bonchev–Trinajstić information content (AvgIpc) is 3.18. The molecule has 0 spiro atoms. The molecule has 3 aromatic carbocycles. The number of halogens is 3. The van der Waals surface area contributed by atoms with Crippen LogP contribution in [0.1, 0.15) is 30.0 Å². The number of fused-ring (bicyclic) bond motifs is 1. The van der Waals surface area contributed by atoms with Crippen molar-refractivity contribution in [2.24, 2.45) is 0 Å². The molecule has 0 aliphatic heterocycles. The number of hydrogen-bond acceptors (Lipinski definition) is 3. The summed E-state index contributed by atoms with van der Waals surface area (Å²) in [6.45, 7) is 5.39. The highest BCUT2D eigenvalue weighted by atomic mass is 35.5. The van der Waals surface area contributed by atoms with Gasteiger partial charge >= 0.3 is 5.97 Å². The van der Waals surface area contributed by atoms with Gasteiger partial charge in [0.25, 0.3) is 0 Å². The Hall–Kier alpha value is -3.77. The Balaban J connectivity index is 2.06. The van der Waals surface area contributed by atoms with Crippen molar-refractivity contribution in [2.45, 2.75) is 13.3 Å². The molecule has 1 N–H and O–H groups in total. The summed E-state index contributed by atoms with van der Waals surface area (Å²) in [4.78, 5) is 12.0. The number of aromatic amines is 1. The first-order valence-corrected chi connectivity index (χ1v) is 10.6. The zero-order chi connectivity index (χ0) is 23.5. The molecular formula is C26H19ClF2N2O2. The number of rotatable bonds is 6. The fourth-order valence-corrected chi connectivity index (χ4v) is 4.06. The number of allylic oxidation sites excluding steroid dienone is 1. The molecule has 0 atom stereocenters. The van der Waals surface area contributed by atoms with Gasteiger partial charge in [0.2, 0.25) is 5.95 Å². The van der Waals surface area contributed by atoms with Crippen LogP contribution in [0.15, 0.2) is 73.3 Å². The summed E-state index contributed by atoms with van der Waals surface area (Å²) in [5.74, 6) is -1.33. The normalized spacial score (nSPS) is 11.9. The number of para-hydroxylation sites is 1. The lowest BCUT2D eigenvalue weighted by Crippen LogP contribution is -2.06. The van der Waals surface area contributed by atoms with Crippen LogP contribution in [0.4, 0.5) is 8.78 Å². The molecule has 0 radical (unpaired) electrons. The van der Waals surface area contributed by atoms with Crippen molar-refractivity contribution in [1.29, 1.82) is 0 Å². The predicted octanol–water partition coefficient (Wildman–Crippen LogP) is 6.96. The number of carbonyl (C=O) groups is 1. The summed E-state index contributed by atoms with van der Waals surface area (Å²) in [5.41, 5.74) is 3.77. The number of H-pyrrole nitrogens is 1.